The van der Waals surface area contributed by atoms with E-state index in [4.69, 9.17) is 0 Å². The van der Waals surface area contributed by atoms with Crippen molar-refractivity contribution in [2.75, 3.05) is 4.90 Å². The topological polar surface area (TPSA) is 20.3 Å². The molecule has 112 valence electrons. The Morgan fingerprint density at radius 3 is 1.68 bits per heavy atom. The molecule has 2 aliphatic carbocycles. The van der Waals surface area contributed by atoms with Crippen molar-refractivity contribution in [2.45, 2.75) is 25.7 Å². The fraction of sp³-hybridized carbons (Fsp3) is 0.350. The zero-order valence-electron chi connectivity index (χ0n) is 12.7. The maximum absolute atomic E-state index is 13.2. The first-order valence-electron chi connectivity index (χ1n) is 8.30. The van der Waals surface area contributed by atoms with E-state index in [1.54, 1.807) is 0 Å². The van der Waals surface area contributed by atoms with Crippen molar-refractivity contribution in [1.82, 2.24) is 0 Å². The number of amides is 1. The molecular weight excluding hydrogens is 270 g/mol. The quantitative estimate of drug-likeness (QED) is 0.796. The van der Waals surface area contributed by atoms with E-state index in [9.17, 15) is 4.79 Å². The molecule has 2 fully saturated rings. The molecule has 0 spiro atoms. The van der Waals surface area contributed by atoms with Gasteiger partial charge in [-0.05, 0) is 48.9 Å². The van der Waals surface area contributed by atoms with Crippen LogP contribution in [0.5, 0.6) is 0 Å². The standard InChI is InChI=1S/C20H21NO/c22-20(19-17-13-7-8-14-18(17)19)21(15-9-3-1-4-10-15)16-11-5-2-6-12-16/h1-6,9-12,17-19H,7-8,13-14H2. The second kappa shape index (κ2) is 5.60. The van der Waals surface area contributed by atoms with Gasteiger partial charge in [-0.25, -0.2) is 0 Å². The molecule has 2 unspecified atom stereocenters. The molecule has 0 bridgehead atoms. The highest BCUT2D eigenvalue weighted by Gasteiger charge is 2.56. The van der Waals surface area contributed by atoms with E-state index >= 15 is 0 Å². The van der Waals surface area contributed by atoms with Gasteiger partial charge in [-0.2, -0.15) is 0 Å². The van der Waals surface area contributed by atoms with Crippen LogP contribution in [0.25, 0.3) is 0 Å². The third kappa shape index (κ3) is 2.33. The number of hydrogen-bond donors (Lipinski definition) is 0. The average Bonchev–Trinajstić information content (AvgIpc) is 3.31. The molecule has 0 aliphatic heterocycles. The van der Waals surface area contributed by atoms with Gasteiger partial charge in [-0.3, -0.25) is 9.69 Å². The van der Waals surface area contributed by atoms with Gasteiger partial charge in [-0.15, -0.1) is 0 Å². The Hall–Kier alpha value is -2.09. The molecule has 2 heteroatoms. The highest BCUT2D eigenvalue weighted by atomic mass is 16.2. The predicted molar refractivity (Wildman–Crippen MR) is 89.0 cm³/mol. The second-order valence-corrected chi connectivity index (χ2v) is 6.48. The van der Waals surface area contributed by atoms with Gasteiger partial charge in [0.1, 0.15) is 0 Å². The Balaban J connectivity index is 1.67. The van der Waals surface area contributed by atoms with Crippen molar-refractivity contribution in [3.05, 3.63) is 60.7 Å². The van der Waals surface area contributed by atoms with E-state index in [2.05, 4.69) is 0 Å². The lowest BCUT2D eigenvalue weighted by Gasteiger charge is -2.23. The van der Waals surface area contributed by atoms with Crippen LogP contribution in [-0.4, -0.2) is 5.91 Å². The van der Waals surface area contributed by atoms with Crippen LogP contribution >= 0.6 is 0 Å². The number of carbonyl (C=O) groups is 1. The third-order valence-electron chi connectivity index (χ3n) is 5.19. The number of hydrogen-bond acceptors (Lipinski definition) is 1. The Kier molecular flexibility index (Phi) is 3.45. The van der Waals surface area contributed by atoms with Crippen LogP contribution in [0.15, 0.2) is 60.7 Å². The highest BCUT2D eigenvalue weighted by Crippen LogP contribution is 2.56. The van der Waals surface area contributed by atoms with Crippen LogP contribution in [-0.2, 0) is 4.79 Å². The monoisotopic (exact) mass is 291 g/mol. The molecule has 0 aromatic heterocycles. The molecule has 0 radical (unpaired) electrons. The maximum Gasteiger partial charge on any atom is 0.235 e. The summed E-state index contributed by atoms with van der Waals surface area (Å²) in [7, 11) is 0. The van der Waals surface area contributed by atoms with Gasteiger partial charge in [0, 0.05) is 17.3 Å². The molecule has 0 heterocycles. The van der Waals surface area contributed by atoms with Crippen molar-refractivity contribution in [1.29, 1.82) is 0 Å². The summed E-state index contributed by atoms with van der Waals surface area (Å²) in [6.07, 6.45) is 5.06. The molecule has 0 N–H and O–H groups in total. The lowest BCUT2D eigenvalue weighted by Crippen LogP contribution is -2.28. The Morgan fingerprint density at radius 2 is 1.23 bits per heavy atom. The van der Waals surface area contributed by atoms with E-state index in [-0.39, 0.29) is 11.8 Å². The van der Waals surface area contributed by atoms with E-state index in [1.807, 2.05) is 65.6 Å². The minimum Gasteiger partial charge on any atom is -0.281 e. The summed E-state index contributed by atoms with van der Waals surface area (Å²) in [5, 5.41) is 0. The molecule has 4 rings (SSSR count). The molecule has 1 amide bonds. The summed E-state index contributed by atoms with van der Waals surface area (Å²) in [5.41, 5.74) is 1.95. The molecular formula is C20H21NO. The van der Waals surface area contributed by atoms with Gasteiger partial charge in [0.25, 0.3) is 0 Å². The van der Waals surface area contributed by atoms with Crippen LogP contribution in [0.3, 0.4) is 0 Å². The van der Waals surface area contributed by atoms with E-state index in [0.717, 1.165) is 11.4 Å². The van der Waals surface area contributed by atoms with Crippen molar-refractivity contribution in [2.24, 2.45) is 17.8 Å². The number of carbonyl (C=O) groups excluding carboxylic acids is 1. The van der Waals surface area contributed by atoms with E-state index < -0.39 is 0 Å². The zero-order chi connectivity index (χ0) is 14.9. The summed E-state index contributed by atoms with van der Waals surface area (Å²) in [6.45, 7) is 0. The van der Waals surface area contributed by atoms with Gasteiger partial charge in [0.15, 0.2) is 0 Å². The highest BCUT2D eigenvalue weighted by molar-refractivity contribution is 6.03. The third-order valence-corrected chi connectivity index (χ3v) is 5.19. The number of nitrogens with zero attached hydrogens (tertiary/aromatic N) is 1. The van der Waals surface area contributed by atoms with Crippen molar-refractivity contribution < 1.29 is 4.79 Å². The first kappa shape index (κ1) is 13.6. The molecule has 2 aromatic carbocycles. The number of para-hydroxylation sites is 2. The SMILES string of the molecule is O=C(C1C2CCCCC21)N(c1ccccc1)c1ccccc1. The fourth-order valence-corrected chi connectivity index (χ4v) is 4.07. The van der Waals surface area contributed by atoms with Crippen molar-refractivity contribution in [3.63, 3.8) is 0 Å². The van der Waals surface area contributed by atoms with Gasteiger partial charge in [0.05, 0.1) is 0 Å². The van der Waals surface area contributed by atoms with Crippen molar-refractivity contribution >= 4 is 17.3 Å². The number of fused-ring (bicyclic) bond motifs is 1. The van der Waals surface area contributed by atoms with E-state index in [1.165, 1.54) is 25.7 Å². The minimum absolute atomic E-state index is 0.239. The molecule has 2 nitrogen and oxygen atoms in total. The first-order chi connectivity index (χ1) is 10.9. The first-order valence-corrected chi connectivity index (χ1v) is 8.30. The lowest BCUT2D eigenvalue weighted by molar-refractivity contribution is -0.119. The summed E-state index contributed by atoms with van der Waals surface area (Å²) >= 11 is 0. The summed E-state index contributed by atoms with van der Waals surface area (Å²) in [6, 6.07) is 20.1. The van der Waals surface area contributed by atoms with Crippen LogP contribution in [0, 0.1) is 17.8 Å². The Morgan fingerprint density at radius 1 is 0.773 bits per heavy atom. The van der Waals surface area contributed by atoms with Gasteiger partial charge < -0.3 is 0 Å². The summed E-state index contributed by atoms with van der Waals surface area (Å²) in [5.74, 6) is 1.80. The fourth-order valence-electron chi connectivity index (χ4n) is 4.07. The smallest absolute Gasteiger partial charge is 0.235 e. The molecule has 2 aromatic rings. The Bertz CT molecular complexity index is 600. The molecule has 22 heavy (non-hydrogen) atoms. The number of anilines is 2. The predicted octanol–water partition coefficient (Wildman–Crippen LogP) is 4.79. The lowest BCUT2D eigenvalue weighted by atomic mass is 10.0. The summed E-state index contributed by atoms with van der Waals surface area (Å²) < 4.78 is 0. The molecule has 2 atom stereocenters. The van der Waals surface area contributed by atoms with Crippen LogP contribution < -0.4 is 4.90 Å². The summed E-state index contributed by atoms with van der Waals surface area (Å²) in [4.78, 5) is 15.1. The normalized spacial score (nSPS) is 26.1. The van der Waals surface area contributed by atoms with Crippen LogP contribution in [0.4, 0.5) is 11.4 Å². The van der Waals surface area contributed by atoms with Gasteiger partial charge in [0.2, 0.25) is 5.91 Å². The van der Waals surface area contributed by atoms with Crippen molar-refractivity contribution in [3.8, 4) is 0 Å². The minimum atomic E-state index is 0.239. The largest absolute Gasteiger partial charge is 0.281 e. The van der Waals surface area contributed by atoms with Crippen LogP contribution in [0.2, 0.25) is 0 Å². The average molecular weight is 291 g/mol. The second-order valence-electron chi connectivity index (χ2n) is 6.48. The van der Waals surface area contributed by atoms with Gasteiger partial charge in [-0.1, -0.05) is 49.2 Å². The molecule has 2 saturated carbocycles. The number of benzene rings is 2. The molecule has 0 saturated heterocycles. The van der Waals surface area contributed by atoms with Gasteiger partial charge >= 0.3 is 0 Å². The zero-order valence-corrected chi connectivity index (χ0v) is 12.7. The number of rotatable bonds is 3. The van der Waals surface area contributed by atoms with Crippen LogP contribution in [0.1, 0.15) is 25.7 Å². The maximum atomic E-state index is 13.2. The Labute approximate surface area is 131 Å². The molecule has 2 aliphatic rings. The van der Waals surface area contributed by atoms with E-state index in [0.29, 0.717) is 11.8 Å².